The molecule has 0 aliphatic heterocycles. The van der Waals surface area contributed by atoms with E-state index in [4.69, 9.17) is 11.6 Å². The molecule has 0 bridgehead atoms. The molecule has 18 heavy (non-hydrogen) atoms. The molecule has 0 aromatic carbocycles. The van der Waals surface area contributed by atoms with Gasteiger partial charge in [-0.3, -0.25) is 4.79 Å². The molecule has 0 aliphatic carbocycles. The van der Waals surface area contributed by atoms with Crippen molar-refractivity contribution in [1.29, 1.82) is 0 Å². The maximum atomic E-state index is 12.0. The number of amides is 1. The average molecular weight is 327 g/mol. The normalized spacial score (nSPS) is 10.2. The van der Waals surface area contributed by atoms with Crippen molar-refractivity contribution in [1.82, 2.24) is 9.97 Å². The SMILES string of the molecule is Cc1ccnc(NC(=O)c2cc(Br)cnc2Cl)c1. The Morgan fingerprint density at radius 3 is 2.89 bits per heavy atom. The molecule has 2 aromatic heterocycles. The Hall–Kier alpha value is -1.46. The lowest BCUT2D eigenvalue weighted by Crippen LogP contribution is -2.14. The lowest BCUT2D eigenvalue weighted by Gasteiger charge is -2.06. The van der Waals surface area contributed by atoms with Crippen LogP contribution < -0.4 is 5.32 Å². The van der Waals surface area contributed by atoms with E-state index in [1.54, 1.807) is 18.3 Å². The predicted molar refractivity (Wildman–Crippen MR) is 73.9 cm³/mol. The smallest absolute Gasteiger partial charge is 0.259 e. The molecule has 1 amide bonds. The summed E-state index contributed by atoms with van der Waals surface area (Å²) in [6.45, 7) is 1.92. The lowest BCUT2D eigenvalue weighted by molar-refractivity contribution is 0.102. The van der Waals surface area contributed by atoms with E-state index in [-0.39, 0.29) is 11.1 Å². The van der Waals surface area contributed by atoms with Gasteiger partial charge in [0.2, 0.25) is 0 Å². The fraction of sp³-hybridized carbons (Fsp3) is 0.0833. The van der Waals surface area contributed by atoms with Gasteiger partial charge in [-0.25, -0.2) is 9.97 Å². The molecule has 0 atom stereocenters. The number of halogens is 2. The Labute approximate surface area is 118 Å². The summed E-state index contributed by atoms with van der Waals surface area (Å²) in [5.41, 5.74) is 1.31. The highest BCUT2D eigenvalue weighted by Gasteiger charge is 2.12. The van der Waals surface area contributed by atoms with E-state index >= 15 is 0 Å². The third kappa shape index (κ3) is 3.05. The van der Waals surface area contributed by atoms with E-state index in [0.29, 0.717) is 15.9 Å². The van der Waals surface area contributed by atoms with Crippen LogP contribution in [0.5, 0.6) is 0 Å². The number of pyridine rings is 2. The topological polar surface area (TPSA) is 54.9 Å². The van der Waals surface area contributed by atoms with Crippen molar-refractivity contribution >= 4 is 39.3 Å². The van der Waals surface area contributed by atoms with E-state index in [1.165, 1.54) is 6.20 Å². The molecular formula is C12H9BrClN3O. The zero-order chi connectivity index (χ0) is 13.1. The number of hydrogen-bond donors (Lipinski definition) is 1. The summed E-state index contributed by atoms with van der Waals surface area (Å²) >= 11 is 9.12. The third-order valence-corrected chi connectivity index (χ3v) is 2.94. The van der Waals surface area contributed by atoms with Crippen molar-refractivity contribution in [2.45, 2.75) is 6.92 Å². The van der Waals surface area contributed by atoms with Crippen LogP contribution in [0.1, 0.15) is 15.9 Å². The number of aryl methyl sites for hydroxylation is 1. The van der Waals surface area contributed by atoms with Gasteiger partial charge in [-0.05, 0) is 46.6 Å². The predicted octanol–water partition coefficient (Wildman–Crippen LogP) is 3.45. The van der Waals surface area contributed by atoms with Gasteiger partial charge < -0.3 is 5.32 Å². The van der Waals surface area contributed by atoms with Gasteiger partial charge in [-0.1, -0.05) is 11.6 Å². The number of hydrogen-bond acceptors (Lipinski definition) is 3. The Morgan fingerprint density at radius 1 is 1.39 bits per heavy atom. The van der Waals surface area contributed by atoms with Crippen molar-refractivity contribution < 1.29 is 4.79 Å². The second kappa shape index (κ2) is 5.46. The van der Waals surface area contributed by atoms with Gasteiger partial charge in [-0.2, -0.15) is 0 Å². The second-order valence-corrected chi connectivity index (χ2v) is 4.94. The fourth-order valence-corrected chi connectivity index (χ4v) is 1.89. The van der Waals surface area contributed by atoms with E-state index in [9.17, 15) is 4.79 Å². The number of aromatic nitrogens is 2. The van der Waals surface area contributed by atoms with Gasteiger partial charge in [0.05, 0.1) is 5.56 Å². The quantitative estimate of drug-likeness (QED) is 0.860. The van der Waals surface area contributed by atoms with Gasteiger partial charge in [0.1, 0.15) is 11.0 Å². The Balaban J connectivity index is 2.24. The average Bonchev–Trinajstić information content (AvgIpc) is 2.32. The standard InChI is InChI=1S/C12H9BrClN3O/c1-7-2-3-15-10(4-7)17-12(18)9-5-8(13)6-16-11(9)14/h2-6H,1H3,(H,15,17,18). The Kier molecular flexibility index (Phi) is 3.93. The first-order valence-corrected chi connectivity index (χ1v) is 6.28. The summed E-state index contributed by atoms with van der Waals surface area (Å²) in [5.74, 6) is 0.142. The van der Waals surface area contributed by atoms with Crippen LogP contribution in [0.15, 0.2) is 35.1 Å². The van der Waals surface area contributed by atoms with Gasteiger partial charge >= 0.3 is 0 Å². The third-order valence-electron chi connectivity index (χ3n) is 2.21. The molecule has 4 nitrogen and oxygen atoms in total. The largest absolute Gasteiger partial charge is 0.306 e. The molecular weight excluding hydrogens is 318 g/mol. The van der Waals surface area contributed by atoms with Crippen molar-refractivity contribution in [3.63, 3.8) is 0 Å². The van der Waals surface area contributed by atoms with Crippen molar-refractivity contribution in [3.05, 3.63) is 51.3 Å². The summed E-state index contributed by atoms with van der Waals surface area (Å²) in [5, 5.41) is 2.83. The number of anilines is 1. The van der Waals surface area contributed by atoms with Crippen molar-refractivity contribution in [2.75, 3.05) is 5.32 Å². The molecule has 0 unspecified atom stereocenters. The summed E-state index contributed by atoms with van der Waals surface area (Å²) in [4.78, 5) is 19.9. The Bertz CT molecular complexity index is 604. The van der Waals surface area contributed by atoms with Gasteiger partial charge in [0.15, 0.2) is 0 Å². The maximum Gasteiger partial charge on any atom is 0.259 e. The van der Waals surface area contributed by atoms with Crippen LogP contribution in [0.25, 0.3) is 0 Å². The van der Waals surface area contributed by atoms with Gasteiger partial charge in [0, 0.05) is 16.9 Å². The molecule has 2 rings (SSSR count). The molecule has 0 radical (unpaired) electrons. The fourth-order valence-electron chi connectivity index (χ4n) is 1.37. The number of rotatable bonds is 2. The number of carbonyl (C=O) groups is 1. The molecule has 0 aliphatic rings. The van der Waals surface area contributed by atoms with Crippen LogP contribution in [-0.4, -0.2) is 15.9 Å². The van der Waals surface area contributed by atoms with Crippen LogP contribution in [0, 0.1) is 6.92 Å². The number of nitrogens with one attached hydrogen (secondary N) is 1. The van der Waals surface area contributed by atoms with Crippen LogP contribution in [0.2, 0.25) is 5.15 Å². The first kappa shape index (κ1) is 13.0. The monoisotopic (exact) mass is 325 g/mol. The minimum absolute atomic E-state index is 0.156. The lowest BCUT2D eigenvalue weighted by atomic mass is 10.2. The zero-order valence-corrected chi connectivity index (χ0v) is 11.8. The molecule has 0 spiro atoms. The van der Waals surface area contributed by atoms with Gasteiger partial charge in [0.25, 0.3) is 5.91 Å². The highest BCUT2D eigenvalue weighted by molar-refractivity contribution is 9.10. The summed E-state index contributed by atoms with van der Waals surface area (Å²) in [6, 6.07) is 5.24. The van der Waals surface area contributed by atoms with E-state index < -0.39 is 0 Å². The molecule has 92 valence electrons. The Morgan fingerprint density at radius 2 is 2.17 bits per heavy atom. The number of carbonyl (C=O) groups excluding carboxylic acids is 1. The summed E-state index contributed by atoms with van der Waals surface area (Å²) in [7, 11) is 0. The van der Waals surface area contributed by atoms with Gasteiger partial charge in [-0.15, -0.1) is 0 Å². The zero-order valence-electron chi connectivity index (χ0n) is 9.45. The van der Waals surface area contributed by atoms with Crippen LogP contribution in [0.3, 0.4) is 0 Å². The molecule has 2 heterocycles. The molecule has 0 fully saturated rings. The van der Waals surface area contributed by atoms with Crippen molar-refractivity contribution in [3.8, 4) is 0 Å². The summed E-state index contributed by atoms with van der Waals surface area (Å²) < 4.78 is 0.689. The van der Waals surface area contributed by atoms with E-state index in [0.717, 1.165) is 5.56 Å². The molecule has 0 saturated carbocycles. The van der Waals surface area contributed by atoms with Crippen molar-refractivity contribution in [2.24, 2.45) is 0 Å². The summed E-state index contributed by atoms with van der Waals surface area (Å²) in [6.07, 6.45) is 3.16. The minimum atomic E-state index is -0.341. The molecule has 1 N–H and O–H groups in total. The molecule has 2 aromatic rings. The molecule has 0 saturated heterocycles. The highest BCUT2D eigenvalue weighted by Crippen LogP contribution is 2.19. The molecule has 6 heteroatoms. The first-order chi connectivity index (χ1) is 8.56. The number of nitrogens with zero attached hydrogens (tertiary/aromatic N) is 2. The van der Waals surface area contributed by atoms with E-state index in [2.05, 4.69) is 31.2 Å². The van der Waals surface area contributed by atoms with Crippen LogP contribution in [-0.2, 0) is 0 Å². The maximum absolute atomic E-state index is 12.0. The van der Waals surface area contributed by atoms with Crippen LogP contribution in [0.4, 0.5) is 5.82 Å². The van der Waals surface area contributed by atoms with Crippen LogP contribution >= 0.6 is 27.5 Å². The first-order valence-electron chi connectivity index (χ1n) is 5.11. The second-order valence-electron chi connectivity index (χ2n) is 3.66. The minimum Gasteiger partial charge on any atom is -0.306 e. The van der Waals surface area contributed by atoms with E-state index in [1.807, 2.05) is 13.0 Å². The highest BCUT2D eigenvalue weighted by atomic mass is 79.9.